The maximum Gasteiger partial charge on any atom is 0.219 e. The van der Waals surface area contributed by atoms with Gasteiger partial charge in [-0.1, -0.05) is 6.07 Å². The Morgan fingerprint density at radius 1 is 1.09 bits per heavy atom. The molecule has 1 aliphatic rings. The third-order valence-corrected chi connectivity index (χ3v) is 6.33. The van der Waals surface area contributed by atoms with Gasteiger partial charge < -0.3 is 15.4 Å². The van der Waals surface area contributed by atoms with Crippen molar-refractivity contribution >= 4 is 33.3 Å². The molecule has 1 aliphatic heterocycles. The molecule has 9 nitrogen and oxygen atoms in total. The molecule has 0 unspecified atom stereocenters. The average Bonchev–Trinajstić information content (AvgIpc) is 3.22. The first kappa shape index (κ1) is 20.7. The summed E-state index contributed by atoms with van der Waals surface area (Å²) in [6.45, 7) is 4.58. The van der Waals surface area contributed by atoms with Crippen molar-refractivity contribution in [2.45, 2.75) is 13.1 Å². The Bertz CT molecular complexity index is 1190. The summed E-state index contributed by atoms with van der Waals surface area (Å²) in [4.78, 5) is 28.1. The van der Waals surface area contributed by atoms with E-state index in [-0.39, 0.29) is 5.95 Å². The molecule has 164 valence electrons. The molecule has 0 bridgehead atoms. The summed E-state index contributed by atoms with van der Waals surface area (Å²) in [6, 6.07) is 8.15. The summed E-state index contributed by atoms with van der Waals surface area (Å²) in [6.07, 6.45) is 5.16. The second kappa shape index (κ2) is 9.11. The van der Waals surface area contributed by atoms with Crippen LogP contribution in [0.1, 0.15) is 10.6 Å². The number of aromatic nitrogens is 5. The third kappa shape index (κ3) is 4.52. The van der Waals surface area contributed by atoms with Gasteiger partial charge in [-0.15, -0.1) is 11.3 Å². The quantitative estimate of drug-likeness (QED) is 0.476. The number of fused-ring (bicyclic) bond motifs is 1. The Labute approximate surface area is 189 Å². The molecule has 5 heterocycles. The minimum atomic E-state index is 0.233. The zero-order valence-corrected chi connectivity index (χ0v) is 18.6. The highest BCUT2D eigenvalue weighted by molar-refractivity contribution is 7.19. The minimum absolute atomic E-state index is 0.233. The molecule has 5 rings (SSSR count). The molecule has 4 aromatic rings. The molecular formula is C22H24N8OS. The number of anilines is 2. The van der Waals surface area contributed by atoms with E-state index in [0.29, 0.717) is 19.0 Å². The van der Waals surface area contributed by atoms with Crippen LogP contribution in [0.5, 0.6) is 0 Å². The number of hydrogen-bond donors (Lipinski definition) is 1. The SMILES string of the molecule is CN(Cc1ccccn1)Cc1cc2nc(-c3cnc(N)nc3)nc(N3CCOCC3)c2s1. The maximum atomic E-state index is 5.65. The molecule has 0 aromatic carbocycles. The lowest BCUT2D eigenvalue weighted by Gasteiger charge is -2.28. The van der Waals surface area contributed by atoms with Crippen LogP contribution in [0.2, 0.25) is 0 Å². The van der Waals surface area contributed by atoms with Gasteiger partial charge in [0.15, 0.2) is 11.6 Å². The summed E-state index contributed by atoms with van der Waals surface area (Å²) >= 11 is 1.74. The molecular weight excluding hydrogens is 424 g/mol. The normalized spacial score (nSPS) is 14.4. The Morgan fingerprint density at radius 3 is 2.66 bits per heavy atom. The van der Waals surface area contributed by atoms with Gasteiger partial charge in [-0.3, -0.25) is 9.88 Å². The van der Waals surface area contributed by atoms with Crippen molar-refractivity contribution in [1.29, 1.82) is 0 Å². The zero-order valence-electron chi connectivity index (χ0n) is 17.8. The average molecular weight is 449 g/mol. The van der Waals surface area contributed by atoms with Crippen LogP contribution in [0.15, 0.2) is 42.9 Å². The minimum Gasteiger partial charge on any atom is -0.378 e. The molecule has 0 atom stereocenters. The number of morpholine rings is 1. The van der Waals surface area contributed by atoms with Crippen molar-refractivity contribution < 1.29 is 4.74 Å². The van der Waals surface area contributed by atoms with E-state index < -0.39 is 0 Å². The van der Waals surface area contributed by atoms with Gasteiger partial charge in [0.05, 0.1) is 34.7 Å². The first-order valence-corrected chi connectivity index (χ1v) is 11.3. The highest BCUT2D eigenvalue weighted by Gasteiger charge is 2.20. The number of pyridine rings is 1. The van der Waals surface area contributed by atoms with Crippen molar-refractivity contribution in [2.24, 2.45) is 0 Å². The van der Waals surface area contributed by atoms with Gasteiger partial charge in [-0.2, -0.15) is 0 Å². The molecule has 0 aliphatic carbocycles. The first-order chi connectivity index (χ1) is 15.7. The Hall–Kier alpha value is -3.21. The van der Waals surface area contributed by atoms with Gasteiger partial charge in [0.25, 0.3) is 0 Å². The number of nitrogens with zero attached hydrogens (tertiary/aromatic N) is 7. The molecule has 1 saturated heterocycles. The lowest BCUT2D eigenvalue weighted by Crippen LogP contribution is -2.36. The fourth-order valence-electron chi connectivity index (χ4n) is 3.70. The fourth-order valence-corrected chi connectivity index (χ4v) is 4.90. The molecule has 0 radical (unpaired) electrons. The van der Waals surface area contributed by atoms with Crippen molar-refractivity contribution in [2.75, 3.05) is 44.0 Å². The van der Waals surface area contributed by atoms with Crippen LogP contribution in [0.4, 0.5) is 11.8 Å². The number of thiophene rings is 1. The van der Waals surface area contributed by atoms with E-state index in [2.05, 4.69) is 37.9 Å². The van der Waals surface area contributed by atoms with Gasteiger partial charge in [-0.05, 0) is 25.2 Å². The van der Waals surface area contributed by atoms with E-state index in [1.165, 1.54) is 4.88 Å². The van der Waals surface area contributed by atoms with E-state index in [1.54, 1.807) is 23.7 Å². The van der Waals surface area contributed by atoms with E-state index >= 15 is 0 Å². The van der Waals surface area contributed by atoms with Crippen molar-refractivity contribution in [3.63, 3.8) is 0 Å². The summed E-state index contributed by atoms with van der Waals surface area (Å²) in [7, 11) is 2.10. The molecule has 2 N–H and O–H groups in total. The van der Waals surface area contributed by atoms with Crippen molar-refractivity contribution in [3.05, 3.63) is 53.4 Å². The Morgan fingerprint density at radius 2 is 1.91 bits per heavy atom. The Kier molecular flexibility index (Phi) is 5.89. The monoisotopic (exact) mass is 448 g/mol. The van der Waals surface area contributed by atoms with Gasteiger partial charge in [0, 0.05) is 49.6 Å². The highest BCUT2D eigenvalue weighted by Crippen LogP contribution is 2.34. The van der Waals surface area contributed by atoms with Crippen LogP contribution in [-0.4, -0.2) is 63.2 Å². The highest BCUT2D eigenvalue weighted by atomic mass is 32.1. The van der Waals surface area contributed by atoms with Crippen molar-refractivity contribution in [1.82, 2.24) is 29.8 Å². The first-order valence-electron chi connectivity index (χ1n) is 10.5. The number of nitrogens with two attached hydrogens (primary N) is 1. The van der Waals surface area contributed by atoms with Gasteiger partial charge in [-0.25, -0.2) is 19.9 Å². The largest absolute Gasteiger partial charge is 0.378 e. The predicted octanol–water partition coefficient (Wildman–Crippen LogP) is 2.59. The molecule has 32 heavy (non-hydrogen) atoms. The second-order valence-corrected chi connectivity index (χ2v) is 8.86. The Balaban J connectivity index is 1.48. The van der Waals surface area contributed by atoms with Gasteiger partial charge in [0.1, 0.15) is 0 Å². The van der Waals surface area contributed by atoms with Gasteiger partial charge >= 0.3 is 0 Å². The second-order valence-electron chi connectivity index (χ2n) is 7.72. The summed E-state index contributed by atoms with van der Waals surface area (Å²) < 4.78 is 6.64. The molecule has 1 fully saturated rings. The summed E-state index contributed by atoms with van der Waals surface area (Å²) in [5, 5.41) is 0. The summed E-state index contributed by atoms with van der Waals surface area (Å²) in [5.41, 5.74) is 8.38. The summed E-state index contributed by atoms with van der Waals surface area (Å²) in [5.74, 6) is 1.77. The van der Waals surface area contributed by atoms with E-state index in [9.17, 15) is 0 Å². The standard InChI is InChI=1S/C22H24N8OS/c1-29(13-16-4-2-3-5-24-16)14-17-10-18-19(32-17)21(30-6-8-31-9-7-30)28-20(27-18)15-11-25-22(23)26-12-15/h2-5,10-12H,6-9,13-14H2,1H3,(H2,23,25,26). The third-order valence-electron chi connectivity index (χ3n) is 5.23. The molecule has 0 amide bonds. The number of rotatable bonds is 6. The topological polar surface area (TPSA) is 106 Å². The lowest BCUT2D eigenvalue weighted by molar-refractivity contribution is 0.122. The number of nitrogen functional groups attached to an aromatic ring is 1. The van der Waals surface area contributed by atoms with Crippen LogP contribution < -0.4 is 10.6 Å². The molecule has 4 aromatic heterocycles. The molecule has 10 heteroatoms. The van der Waals surface area contributed by atoms with E-state index in [1.807, 2.05) is 24.4 Å². The lowest BCUT2D eigenvalue weighted by atomic mass is 10.3. The van der Waals surface area contributed by atoms with E-state index in [4.69, 9.17) is 20.4 Å². The molecule has 0 saturated carbocycles. The van der Waals surface area contributed by atoms with Crippen LogP contribution in [0.25, 0.3) is 21.6 Å². The van der Waals surface area contributed by atoms with Crippen LogP contribution in [0, 0.1) is 0 Å². The van der Waals surface area contributed by atoms with Gasteiger partial charge in [0.2, 0.25) is 5.95 Å². The fraction of sp³-hybridized carbons (Fsp3) is 0.318. The maximum absolute atomic E-state index is 5.65. The van der Waals surface area contributed by atoms with Crippen molar-refractivity contribution in [3.8, 4) is 11.4 Å². The number of ether oxygens (including phenoxy) is 1. The number of hydrogen-bond acceptors (Lipinski definition) is 10. The predicted molar refractivity (Wildman–Crippen MR) is 125 cm³/mol. The zero-order chi connectivity index (χ0) is 21.9. The van der Waals surface area contributed by atoms with Crippen LogP contribution in [-0.2, 0) is 17.8 Å². The smallest absolute Gasteiger partial charge is 0.219 e. The van der Waals surface area contributed by atoms with E-state index in [0.717, 1.165) is 53.5 Å². The van der Waals surface area contributed by atoms with Crippen LogP contribution >= 0.6 is 11.3 Å². The molecule has 0 spiro atoms. The van der Waals surface area contributed by atoms with Crippen LogP contribution in [0.3, 0.4) is 0 Å².